The number of hydrogen-bond donors (Lipinski definition) is 1. The molecule has 0 fully saturated rings. The molecule has 0 unspecified atom stereocenters. The Morgan fingerprint density at radius 1 is 1.50 bits per heavy atom. The maximum absolute atomic E-state index is 11.8. The zero-order chi connectivity index (χ0) is 13.4. The van der Waals surface area contributed by atoms with Gasteiger partial charge in [-0.3, -0.25) is 4.79 Å². The second-order valence-corrected chi connectivity index (χ2v) is 3.75. The maximum atomic E-state index is 11.8. The Labute approximate surface area is 107 Å². The summed E-state index contributed by atoms with van der Waals surface area (Å²) in [4.78, 5) is 13.4. The molecule has 0 aliphatic heterocycles. The lowest BCUT2D eigenvalue weighted by molar-refractivity contribution is -0.126. The summed E-state index contributed by atoms with van der Waals surface area (Å²) in [6, 6.07) is 7.47. The van der Waals surface area contributed by atoms with Crippen molar-refractivity contribution in [2.24, 2.45) is 0 Å². The van der Waals surface area contributed by atoms with Crippen molar-refractivity contribution in [2.45, 2.75) is 6.92 Å². The summed E-state index contributed by atoms with van der Waals surface area (Å²) >= 11 is 0. The van der Waals surface area contributed by atoms with Crippen LogP contribution in [0.1, 0.15) is 12.5 Å². The molecule has 1 rings (SSSR count). The van der Waals surface area contributed by atoms with Crippen molar-refractivity contribution < 1.29 is 14.6 Å². The quantitative estimate of drug-likeness (QED) is 0.778. The zero-order valence-electron chi connectivity index (χ0n) is 10.8. The second-order valence-electron chi connectivity index (χ2n) is 3.75. The van der Waals surface area contributed by atoms with Gasteiger partial charge < -0.3 is 14.7 Å². The minimum atomic E-state index is -0.102. The Morgan fingerprint density at radius 2 is 2.28 bits per heavy atom. The van der Waals surface area contributed by atoms with Crippen LogP contribution in [0.4, 0.5) is 0 Å². The maximum Gasteiger partial charge on any atom is 0.246 e. The van der Waals surface area contributed by atoms with Crippen molar-refractivity contribution in [3.63, 3.8) is 0 Å². The number of nitrogens with zero attached hydrogens (tertiary/aromatic N) is 1. The first-order valence-corrected chi connectivity index (χ1v) is 5.93. The number of aliphatic hydroxyl groups is 1. The zero-order valence-corrected chi connectivity index (χ0v) is 10.8. The van der Waals surface area contributed by atoms with Crippen LogP contribution in [-0.2, 0) is 4.79 Å². The molecule has 4 heteroatoms. The predicted molar refractivity (Wildman–Crippen MR) is 71.4 cm³/mol. The molecular formula is C14H19NO3. The van der Waals surface area contributed by atoms with Crippen LogP contribution in [-0.4, -0.2) is 42.7 Å². The molecule has 0 bridgehead atoms. The van der Waals surface area contributed by atoms with E-state index in [0.29, 0.717) is 13.1 Å². The van der Waals surface area contributed by atoms with Crippen molar-refractivity contribution in [2.75, 3.05) is 26.8 Å². The number of methoxy groups -OCH3 is 1. The van der Waals surface area contributed by atoms with E-state index < -0.39 is 0 Å². The number of carbonyl (C=O) groups is 1. The molecule has 0 aromatic heterocycles. The molecule has 1 aromatic rings. The van der Waals surface area contributed by atoms with Gasteiger partial charge in [-0.25, -0.2) is 0 Å². The molecule has 1 aromatic carbocycles. The highest BCUT2D eigenvalue weighted by Crippen LogP contribution is 2.13. The lowest BCUT2D eigenvalue weighted by atomic mass is 10.2. The Balaban J connectivity index is 2.70. The van der Waals surface area contributed by atoms with Gasteiger partial charge in [0.2, 0.25) is 5.91 Å². The lowest BCUT2D eigenvalue weighted by Crippen LogP contribution is -2.31. The summed E-state index contributed by atoms with van der Waals surface area (Å²) in [5, 5.41) is 8.84. The fraction of sp³-hybridized carbons (Fsp3) is 0.357. The van der Waals surface area contributed by atoms with Crippen LogP contribution in [0, 0.1) is 0 Å². The molecular weight excluding hydrogens is 230 g/mol. The molecule has 0 atom stereocenters. The SMILES string of the molecule is CCN(CCO)C(=O)/C=C/c1cccc(OC)c1. The molecule has 4 nitrogen and oxygen atoms in total. The van der Waals surface area contributed by atoms with Gasteiger partial charge in [0, 0.05) is 19.2 Å². The van der Waals surface area contributed by atoms with E-state index in [1.165, 1.54) is 6.08 Å². The highest BCUT2D eigenvalue weighted by Gasteiger charge is 2.06. The Morgan fingerprint density at radius 3 is 2.89 bits per heavy atom. The fourth-order valence-electron chi connectivity index (χ4n) is 1.56. The first kappa shape index (κ1) is 14.3. The minimum absolute atomic E-state index is 0.0213. The minimum Gasteiger partial charge on any atom is -0.497 e. The van der Waals surface area contributed by atoms with Crippen LogP contribution in [0.15, 0.2) is 30.3 Å². The van der Waals surface area contributed by atoms with Gasteiger partial charge in [-0.05, 0) is 30.7 Å². The first-order valence-electron chi connectivity index (χ1n) is 5.93. The van der Waals surface area contributed by atoms with Crippen molar-refractivity contribution in [1.82, 2.24) is 4.90 Å². The first-order chi connectivity index (χ1) is 8.71. The van der Waals surface area contributed by atoms with Gasteiger partial charge in [-0.2, -0.15) is 0 Å². The third-order valence-corrected chi connectivity index (χ3v) is 2.58. The Hall–Kier alpha value is -1.81. The van der Waals surface area contributed by atoms with E-state index in [1.54, 1.807) is 18.1 Å². The van der Waals surface area contributed by atoms with E-state index in [-0.39, 0.29) is 12.5 Å². The van der Waals surface area contributed by atoms with Crippen LogP contribution in [0.2, 0.25) is 0 Å². The Kier molecular flexibility index (Phi) is 5.94. The second kappa shape index (κ2) is 7.50. The molecule has 0 heterocycles. The average molecular weight is 249 g/mol. The van der Waals surface area contributed by atoms with E-state index in [4.69, 9.17) is 9.84 Å². The monoisotopic (exact) mass is 249 g/mol. The van der Waals surface area contributed by atoms with Gasteiger partial charge in [0.15, 0.2) is 0 Å². The van der Waals surface area contributed by atoms with Crippen molar-refractivity contribution in [1.29, 1.82) is 0 Å². The van der Waals surface area contributed by atoms with Gasteiger partial charge in [0.1, 0.15) is 5.75 Å². The third-order valence-electron chi connectivity index (χ3n) is 2.58. The van der Waals surface area contributed by atoms with Crippen molar-refractivity contribution >= 4 is 12.0 Å². The molecule has 18 heavy (non-hydrogen) atoms. The summed E-state index contributed by atoms with van der Waals surface area (Å²) in [6.45, 7) is 2.80. The standard InChI is InChI=1S/C14H19NO3/c1-3-15(9-10-16)14(17)8-7-12-5-4-6-13(11-12)18-2/h4-8,11,16H,3,9-10H2,1-2H3/b8-7+. The molecule has 0 aliphatic carbocycles. The van der Waals surface area contributed by atoms with E-state index in [2.05, 4.69) is 0 Å². The van der Waals surface area contributed by atoms with Crippen molar-refractivity contribution in [3.05, 3.63) is 35.9 Å². The number of rotatable bonds is 6. The summed E-state index contributed by atoms with van der Waals surface area (Å²) in [6.07, 6.45) is 3.25. The number of amides is 1. The Bertz CT molecular complexity index is 415. The summed E-state index contributed by atoms with van der Waals surface area (Å²) in [7, 11) is 1.61. The normalized spacial score (nSPS) is 10.6. The van der Waals surface area contributed by atoms with E-state index >= 15 is 0 Å². The van der Waals surface area contributed by atoms with E-state index in [9.17, 15) is 4.79 Å². The number of benzene rings is 1. The average Bonchev–Trinajstić information content (AvgIpc) is 2.42. The largest absolute Gasteiger partial charge is 0.497 e. The lowest BCUT2D eigenvalue weighted by Gasteiger charge is -2.17. The molecule has 0 aliphatic rings. The summed E-state index contributed by atoms with van der Waals surface area (Å²) in [5.74, 6) is 0.654. The number of hydrogen-bond acceptors (Lipinski definition) is 3. The van der Waals surface area contributed by atoms with Crippen LogP contribution in [0.25, 0.3) is 6.08 Å². The van der Waals surface area contributed by atoms with Crippen LogP contribution in [0.5, 0.6) is 5.75 Å². The smallest absolute Gasteiger partial charge is 0.246 e. The van der Waals surface area contributed by atoms with E-state index in [1.807, 2.05) is 31.2 Å². The number of aliphatic hydroxyl groups excluding tert-OH is 1. The highest BCUT2D eigenvalue weighted by atomic mass is 16.5. The molecule has 98 valence electrons. The van der Waals surface area contributed by atoms with Gasteiger partial charge in [-0.15, -0.1) is 0 Å². The third kappa shape index (κ3) is 4.22. The molecule has 0 spiro atoms. The van der Waals surface area contributed by atoms with Crippen molar-refractivity contribution in [3.8, 4) is 5.75 Å². The van der Waals surface area contributed by atoms with Gasteiger partial charge in [0.25, 0.3) is 0 Å². The molecule has 1 N–H and O–H groups in total. The molecule has 0 saturated heterocycles. The van der Waals surface area contributed by atoms with Gasteiger partial charge in [-0.1, -0.05) is 12.1 Å². The number of ether oxygens (including phenoxy) is 1. The van der Waals surface area contributed by atoms with Crippen LogP contribution < -0.4 is 4.74 Å². The number of carbonyl (C=O) groups excluding carboxylic acids is 1. The van der Waals surface area contributed by atoms with Crippen LogP contribution in [0.3, 0.4) is 0 Å². The molecule has 0 saturated carbocycles. The summed E-state index contributed by atoms with van der Waals surface area (Å²) < 4.78 is 5.11. The van der Waals surface area contributed by atoms with Gasteiger partial charge >= 0.3 is 0 Å². The highest BCUT2D eigenvalue weighted by molar-refractivity contribution is 5.91. The number of likely N-dealkylation sites (N-methyl/N-ethyl adjacent to an activating group) is 1. The molecule has 1 amide bonds. The topological polar surface area (TPSA) is 49.8 Å². The van der Waals surface area contributed by atoms with Gasteiger partial charge in [0.05, 0.1) is 13.7 Å². The fourth-order valence-corrected chi connectivity index (χ4v) is 1.56. The predicted octanol–water partition coefficient (Wildman–Crippen LogP) is 1.55. The summed E-state index contributed by atoms with van der Waals surface area (Å²) in [5.41, 5.74) is 0.905. The van der Waals surface area contributed by atoms with Crippen LogP contribution >= 0.6 is 0 Å². The van der Waals surface area contributed by atoms with E-state index in [0.717, 1.165) is 11.3 Å². The molecule has 0 radical (unpaired) electrons.